The number of nitrogens with zero attached hydrogens (tertiary/aromatic N) is 2. The minimum Gasteiger partial charge on any atom is -0.497 e. The fraction of sp³-hybridized carbons (Fsp3) is 0.417. The molecule has 1 saturated carbocycles. The second kappa shape index (κ2) is 8.86. The van der Waals surface area contributed by atoms with E-state index in [0.29, 0.717) is 39.0 Å². The van der Waals surface area contributed by atoms with Crippen LogP contribution in [0.3, 0.4) is 0 Å². The van der Waals surface area contributed by atoms with E-state index in [-0.39, 0.29) is 29.5 Å². The van der Waals surface area contributed by atoms with Gasteiger partial charge in [-0.3, -0.25) is 9.59 Å². The number of aryl methyl sites for hydroxylation is 1. The van der Waals surface area contributed by atoms with Gasteiger partial charge in [0.15, 0.2) is 0 Å². The Morgan fingerprint density at radius 2 is 1.60 bits per heavy atom. The molecule has 2 unspecified atom stereocenters. The van der Waals surface area contributed by atoms with Gasteiger partial charge in [0.25, 0.3) is 0 Å². The lowest BCUT2D eigenvalue weighted by Gasteiger charge is -2.35. The Morgan fingerprint density at radius 3 is 2.23 bits per heavy atom. The predicted molar refractivity (Wildman–Crippen MR) is 112 cm³/mol. The van der Waals surface area contributed by atoms with Crippen LogP contribution in [-0.4, -0.2) is 54.9 Å². The van der Waals surface area contributed by atoms with Crippen LogP contribution in [-0.2, 0) is 16.0 Å². The predicted octanol–water partition coefficient (Wildman–Crippen LogP) is 3.24. The first-order chi connectivity index (χ1) is 14.5. The number of methoxy groups -OCH3 is 1. The molecule has 0 spiro atoms. The first-order valence-electron chi connectivity index (χ1n) is 10.5. The van der Waals surface area contributed by atoms with Crippen LogP contribution in [0.1, 0.15) is 29.9 Å². The average Bonchev–Trinajstić information content (AvgIpc) is 3.59. The number of hydrogen-bond acceptors (Lipinski definition) is 3. The summed E-state index contributed by atoms with van der Waals surface area (Å²) in [6.45, 7) is 2.34. The van der Waals surface area contributed by atoms with Gasteiger partial charge in [0.2, 0.25) is 11.8 Å². The summed E-state index contributed by atoms with van der Waals surface area (Å²) in [6.07, 6.45) is 1.99. The standard InChI is InChI=1S/C24H27FN2O3/c1-30-20-9-2-17(3-10-20)4-11-23(28)26-12-14-27(15-13-26)24(29)22-16-21(22)18-5-7-19(25)8-6-18/h2-3,5-10,21-22H,4,11-16H2,1H3. The van der Waals surface area contributed by atoms with Gasteiger partial charge in [0, 0.05) is 38.5 Å². The summed E-state index contributed by atoms with van der Waals surface area (Å²) in [5.41, 5.74) is 2.14. The van der Waals surface area contributed by atoms with Crippen LogP contribution in [0.15, 0.2) is 48.5 Å². The van der Waals surface area contributed by atoms with Gasteiger partial charge in [0.05, 0.1) is 7.11 Å². The summed E-state index contributed by atoms with van der Waals surface area (Å²) < 4.78 is 18.2. The molecule has 4 rings (SSSR count). The molecule has 2 aromatic carbocycles. The highest BCUT2D eigenvalue weighted by atomic mass is 19.1. The maximum absolute atomic E-state index is 13.1. The number of carbonyl (C=O) groups is 2. The average molecular weight is 410 g/mol. The van der Waals surface area contributed by atoms with E-state index in [4.69, 9.17) is 4.74 Å². The molecule has 0 radical (unpaired) electrons. The number of amides is 2. The zero-order valence-electron chi connectivity index (χ0n) is 17.2. The third kappa shape index (κ3) is 4.64. The van der Waals surface area contributed by atoms with Crippen LogP contribution in [0, 0.1) is 11.7 Å². The lowest BCUT2D eigenvalue weighted by atomic mass is 10.1. The molecule has 2 atom stereocenters. The SMILES string of the molecule is COc1ccc(CCC(=O)N2CCN(C(=O)C3CC3c3ccc(F)cc3)CC2)cc1. The molecule has 2 aromatic rings. The number of hydrogen-bond donors (Lipinski definition) is 0. The molecule has 1 heterocycles. The van der Waals surface area contributed by atoms with Crippen LogP contribution in [0.2, 0.25) is 0 Å². The highest BCUT2D eigenvalue weighted by Gasteiger charge is 2.46. The molecule has 6 heteroatoms. The maximum atomic E-state index is 13.1. The zero-order valence-corrected chi connectivity index (χ0v) is 17.2. The van der Waals surface area contributed by atoms with Crippen molar-refractivity contribution in [3.05, 3.63) is 65.5 Å². The van der Waals surface area contributed by atoms with Gasteiger partial charge in [-0.05, 0) is 54.2 Å². The van der Waals surface area contributed by atoms with E-state index in [0.717, 1.165) is 23.3 Å². The Bertz CT molecular complexity index is 890. The third-order valence-corrected chi connectivity index (χ3v) is 6.14. The van der Waals surface area contributed by atoms with Gasteiger partial charge in [-0.1, -0.05) is 24.3 Å². The molecule has 30 heavy (non-hydrogen) atoms. The summed E-state index contributed by atoms with van der Waals surface area (Å²) in [4.78, 5) is 29.1. The summed E-state index contributed by atoms with van der Waals surface area (Å²) in [5, 5.41) is 0. The largest absolute Gasteiger partial charge is 0.497 e. The minimum absolute atomic E-state index is 0.00668. The molecule has 1 aliphatic carbocycles. The second-order valence-corrected chi connectivity index (χ2v) is 8.05. The quantitative estimate of drug-likeness (QED) is 0.735. The smallest absolute Gasteiger partial charge is 0.226 e. The Labute approximate surface area is 176 Å². The Hall–Kier alpha value is -2.89. The van der Waals surface area contributed by atoms with E-state index in [2.05, 4.69) is 0 Å². The highest BCUT2D eigenvalue weighted by molar-refractivity contribution is 5.83. The van der Waals surface area contributed by atoms with Crippen molar-refractivity contribution in [3.63, 3.8) is 0 Å². The Morgan fingerprint density at radius 1 is 0.967 bits per heavy atom. The van der Waals surface area contributed by atoms with E-state index < -0.39 is 0 Å². The number of halogens is 1. The van der Waals surface area contributed by atoms with Crippen molar-refractivity contribution >= 4 is 11.8 Å². The summed E-state index contributed by atoms with van der Waals surface area (Å²) >= 11 is 0. The molecule has 0 aromatic heterocycles. The lowest BCUT2D eigenvalue weighted by Crippen LogP contribution is -2.51. The molecule has 158 valence electrons. The summed E-state index contributed by atoms with van der Waals surface area (Å²) in [5.74, 6) is 1.04. The molecule has 1 aliphatic heterocycles. The lowest BCUT2D eigenvalue weighted by molar-refractivity contribution is -0.140. The first kappa shape index (κ1) is 20.4. The van der Waals surface area contributed by atoms with Gasteiger partial charge in [0.1, 0.15) is 11.6 Å². The number of rotatable bonds is 6. The second-order valence-electron chi connectivity index (χ2n) is 8.05. The normalized spacial score (nSPS) is 20.7. The van der Waals surface area contributed by atoms with Crippen molar-refractivity contribution < 1.29 is 18.7 Å². The van der Waals surface area contributed by atoms with Gasteiger partial charge < -0.3 is 14.5 Å². The molecular weight excluding hydrogens is 383 g/mol. The van der Waals surface area contributed by atoms with Crippen LogP contribution >= 0.6 is 0 Å². The molecule has 0 N–H and O–H groups in total. The van der Waals surface area contributed by atoms with E-state index in [1.54, 1.807) is 19.2 Å². The van der Waals surface area contributed by atoms with E-state index in [9.17, 15) is 14.0 Å². The van der Waals surface area contributed by atoms with Crippen LogP contribution in [0.4, 0.5) is 4.39 Å². The van der Waals surface area contributed by atoms with E-state index in [1.807, 2.05) is 34.1 Å². The summed E-state index contributed by atoms with van der Waals surface area (Å²) in [6, 6.07) is 14.2. The van der Waals surface area contributed by atoms with Crippen molar-refractivity contribution in [1.82, 2.24) is 9.80 Å². The minimum atomic E-state index is -0.255. The molecule has 0 bridgehead atoms. The first-order valence-corrected chi connectivity index (χ1v) is 10.5. The molecule has 2 fully saturated rings. The molecule has 2 amide bonds. The fourth-order valence-electron chi connectivity index (χ4n) is 4.16. The Kier molecular flexibility index (Phi) is 6.02. The van der Waals surface area contributed by atoms with Crippen molar-refractivity contribution in [2.75, 3.05) is 33.3 Å². The van der Waals surface area contributed by atoms with Crippen LogP contribution in [0.25, 0.3) is 0 Å². The number of ether oxygens (including phenoxy) is 1. The Balaban J connectivity index is 1.22. The van der Waals surface area contributed by atoms with Crippen molar-refractivity contribution in [1.29, 1.82) is 0 Å². The number of benzene rings is 2. The molecule has 2 aliphatic rings. The van der Waals surface area contributed by atoms with E-state index in [1.165, 1.54) is 12.1 Å². The van der Waals surface area contributed by atoms with Crippen LogP contribution in [0.5, 0.6) is 5.75 Å². The van der Waals surface area contributed by atoms with E-state index >= 15 is 0 Å². The maximum Gasteiger partial charge on any atom is 0.226 e. The number of piperazine rings is 1. The monoisotopic (exact) mass is 410 g/mol. The highest BCUT2D eigenvalue weighted by Crippen LogP contribution is 2.48. The third-order valence-electron chi connectivity index (χ3n) is 6.14. The topological polar surface area (TPSA) is 49.9 Å². The van der Waals surface area contributed by atoms with Gasteiger partial charge >= 0.3 is 0 Å². The van der Waals surface area contributed by atoms with Gasteiger partial charge in [-0.15, -0.1) is 0 Å². The zero-order chi connectivity index (χ0) is 21.1. The van der Waals surface area contributed by atoms with Gasteiger partial charge in [-0.2, -0.15) is 0 Å². The van der Waals surface area contributed by atoms with Crippen molar-refractivity contribution in [2.45, 2.75) is 25.2 Å². The molecular formula is C24H27FN2O3. The fourth-order valence-corrected chi connectivity index (χ4v) is 4.16. The number of carbonyl (C=O) groups excluding carboxylic acids is 2. The van der Waals surface area contributed by atoms with Crippen molar-refractivity contribution in [2.24, 2.45) is 5.92 Å². The van der Waals surface area contributed by atoms with Crippen LogP contribution < -0.4 is 4.74 Å². The molecule has 5 nitrogen and oxygen atoms in total. The van der Waals surface area contributed by atoms with Crippen molar-refractivity contribution in [3.8, 4) is 5.75 Å². The van der Waals surface area contributed by atoms with Gasteiger partial charge in [-0.25, -0.2) is 4.39 Å². The molecule has 1 saturated heterocycles. The summed E-state index contributed by atoms with van der Waals surface area (Å²) in [7, 11) is 1.63.